The van der Waals surface area contributed by atoms with Crippen LogP contribution in [0, 0.1) is 12.8 Å². The minimum atomic E-state index is 0.217. The number of nitrogens with one attached hydrogen (secondary N) is 1. The molecular formula is C22H33N3O. The van der Waals surface area contributed by atoms with E-state index in [1.165, 1.54) is 62.9 Å². The third-order valence-electron chi connectivity index (χ3n) is 6.48. The highest BCUT2D eigenvalue weighted by atomic mass is 16.2. The van der Waals surface area contributed by atoms with Gasteiger partial charge in [-0.15, -0.1) is 0 Å². The van der Waals surface area contributed by atoms with Gasteiger partial charge < -0.3 is 5.32 Å². The van der Waals surface area contributed by atoms with E-state index < -0.39 is 0 Å². The molecule has 1 amide bonds. The standard InChI is InChI=1S/C22H33N3O/c1-17-5-2-3-6-18(17)15-24-13-10-21(11-14-24)25-12-4-7-19(16-25)22(26)23-20-8-9-20/h2-3,5-6,19-21H,4,7-16H2,1H3,(H,23,26)/t19-/m1/s1. The Labute approximate surface area is 157 Å². The van der Waals surface area contributed by atoms with E-state index in [0.29, 0.717) is 18.0 Å². The van der Waals surface area contributed by atoms with Gasteiger partial charge >= 0.3 is 0 Å². The van der Waals surface area contributed by atoms with Crippen molar-refractivity contribution in [3.05, 3.63) is 35.4 Å². The summed E-state index contributed by atoms with van der Waals surface area (Å²) in [5.74, 6) is 0.531. The summed E-state index contributed by atoms with van der Waals surface area (Å²) >= 11 is 0. The van der Waals surface area contributed by atoms with Crippen molar-refractivity contribution in [1.82, 2.24) is 15.1 Å². The summed E-state index contributed by atoms with van der Waals surface area (Å²) in [6, 6.07) is 9.90. The van der Waals surface area contributed by atoms with E-state index in [-0.39, 0.29) is 5.92 Å². The molecule has 0 radical (unpaired) electrons. The smallest absolute Gasteiger partial charge is 0.224 e. The zero-order valence-corrected chi connectivity index (χ0v) is 16.1. The number of hydrogen-bond acceptors (Lipinski definition) is 3. The van der Waals surface area contributed by atoms with Gasteiger partial charge in [0.25, 0.3) is 0 Å². The highest BCUT2D eigenvalue weighted by molar-refractivity contribution is 5.79. The van der Waals surface area contributed by atoms with E-state index in [9.17, 15) is 4.79 Å². The second kappa shape index (κ2) is 8.10. The van der Waals surface area contributed by atoms with Crippen LogP contribution in [-0.4, -0.2) is 54.0 Å². The SMILES string of the molecule is Cc1ccccc1CN1CCC(N2CCC[C@@H](C(=O)NC3CC3)C2)CC1. The largest absolute Gasteiger partial charge is 0.353 e. The van der Waals surface area contributed by atoms with Crippen molar-refractivity contribution in [3.63, 3.8) is 0 Å². The van der Waals surface area contributed by atoms with Gasteiger partial charge in [-0.25, -0.2) is 0 Å². The molecule has 1 N–H and O–H groups in total. The van der Waals surface area contributed by atoms with Gasteiger partial charge in [0.2, 0.25) is 5.91 Å². The Bertz CT molecular complexity index is 620. The van der Waals surface area contributed by atoms with Gasteiger partial charge in [-0.1, -0.05) is 24.3 Å². The van der Waals surface area contributed by atoms with Gasteiger partial charge in [-0.2, -0.15) is 0 Å². The Balaban J connectivity index is 1.26. The van der Waals surface area contributed by atoms with Crippen molar-refractivity contribution in [2.75, 3.05) is 26.2 Å². The average molecular weight is 356 g/mol. The molecule has 0 unspecified atom stereocenters. The molecule has 3 fully saturated rings. The number of carbonyl (C=O) groups excluding carboxylic acids is 1. The van der Waals surface area contributed by atoms with E-state index in [1.807, 2.05) is 0 Å². The molecule has 2 aliphatic heterocycles. The van der Waals surface area contributed by atoms with Crippen LogP contribution in [0.5, 0.6) is 0 Å². The molecule has 142 valence electrons. The zero-order chi connectivity index (χ0) is 17.9. The third-order valence-corrected chi connectivity index (χ3v) is 6.48. The van der Waals surface area contributed by atoms with E-state index in [2.05, 4.69) is 46.3 Å². The number of amides is 1. The minimum absolute atomic E-state index is 0.217. The predicted octanol–water partition coefficient (Wildman–Crippen LogP) is 2.95. The molecule has 1 saturated carbocycles. The first-order valence-electron chi connectivity index (χ1n) is 10.5. The van der Waals surface area contributed by atoms with Crippen molar-refractivity contribution < 1.29 is 4.79 Å². The number of benzene rings is 1. The summed E-state index contributed by atoms with van der Waals surface area (Å²) in [6.07, 6.45) is 7.09. The van der Waals surface area contributed by atoms with Crippen molar-refractivity contribution in [3.8, 4) is 0 Å². The lowest BCUT2D eigenvalue weighted by molar-refractivity contribution is -0.127. The van der Waals surface area contributed by atoms with E-state index in [0.717, 1.165) is 19.5 Å². The van der Waals surface area contributed by atoms with Crippen LogP contribution in [-0.2, 0) is 11.3 Å². The fourth-order valence-corrected chi connectivity index (χ4v) is 4.57. The van der Waals surface area contributed by atoms with Gasteiger partial charge in [0, 0.05) is 25.2 Å². The molecule has 26 heavy (non-hydrogen) atoms. The molecule has 1 aliphatic carbocycles. The molecule has 4 heteroatoms. The molecule has 0 aromatic heterocycles. The molecule has 1 aromatic carbocycles. The lowest BCUT2D eigenvalue weighted by Crippen LogP contribution is -2.50. The first kappa shape index (κ1) is 18.0. The Morgan fingerprint density at radius 1 is 1.08 bits per heavy atom. The number of nitrogens with zero attached hydrogens (tertiary/aromatic N) is 2. The first-order chi connectivity index (χ1) is 12.7. The van der Waals surface area contributed by atoms with Crippen LogP contribution in [0.15, 0.2) is 24.3 Å². The molecule has 2 heterocycles. The van der Waals surface area contributed by atoms with Crippen molar-refractivity contribution in [2.24, 2.45) is 5.92 Å². The van der Waals surface area contributed by atoms with E-state index in [1.54, 1.807) is 0 Å². The first-order valence-corrected chi connectivity index (χ1v) is 10.5. The summed E-state index contributed by atoms with van der Waals surface area (Å²) in [7, 11) is 0. The molecular weight excluding hydrogens is 322 g/mol. The quantitative estimate of drug-likeness (QED) is 0.882. The summed E-state index contributed by atoms with van der Waals surface area (Å²) < 4.78 is 0. The number of rotatable bonds is 5. The van der Waals surface area contributed by atoms with Gasteiger partial charge in [-0.3, -0.25) is 14.6 Å². The van der Waals surface area contributed by atoms with Crippen LogP contribution in [0.3, 0.4) is 0 Å². The number of aryl methyl sites for hydroxylation is 1. The monoisotopic (exact) mass is 355 g/mol. The molecule has 0 bridgehead atoms. The fraction of sp³-hybridized carbons (Fsp3) is 0.682. The molecule has 0 spiro atoms. The zero-order valence-electron chi connectivity index (χ0n) is 16.1. The lowest BCUT2D eigenvalue weighted by atomic mass is 9.93. The van der Waals surface area contributed by atoms with Crippen LogP contribution in [0.1, 0.15) is 49.7 Å². The van der Waals surface area contributed by atoms with E-state index >= 15 is 0 Å². The Morgan fingerprint density at radius 3 is 2.58 bits per heavy atom. The minimum Gasteiger partial charge on any atom is -0.353 e. The summed E-state index contributed by atoms with van der Waals surface area (Å²) in [4.78, 5) is 17.6. The topological polar surface area (TPSA) is 35.6 Å². The fourth-order valence-electron chi connectivity index (χ4n) is 4.57. The predicted molar refractivity (Wildman–Crippen MR) is 105 cm³/mol. The number of hydrogen-bond donors (Lipinski definition) is 1. The second-order valence-corrected chi connectivity index (χ2v) is 8.55. The van der Waals surface area contributed by atoms with Crippen LogP contribution < -0.4 is 5.32 Å². The Kier molecular flexibility index (Phi) is 5.60. The molecule has 2 saturated heterocycles. The Morgan fingerprint density at radius 2 is 1.85 bits per heavy atom. The van der Waals surface area contributed by atoms with Crippen molar-refractivity contribution in [2.45, 2.75) is 64.1 Å². The lowest BCUT2D eigenvalue weighted by Gasteiger charge is -2.42. The van der Waals surface area contributed by atoms with Crippen LogP contribution in [0.2, 0.25) is 0 Å². The maximum atomic E-state index is 12.4. The van der Waals surface area contributed by atoms with Crippen LogP contribution in [0.4, 0.5) is 0 Å². The molecule has 4 nitrogen and oxygen atoms in total. The normalized spacial score (nSPS) is 26.0. The molecule has 3 aliphatic rings. The summed E-state index contributed by atoms with van der Waals surface area (Å²) in [5.41, 5.74) is 2.86. The van der Waals surface area contributed by atoms with Crippen LogP contribution in [0.25, 0.3) is 0 Å². The number of likely N-dealkylation sites (tertiary alicyclic amines) is 2. The second-order valence-electron chi connectivity index (χ2n) is 8.55. The van der Waals surface area contributed by atoms with Crippen molar-refractivity contribution >= 4 is 5.91 Å². The summed E-state index contributed by atoms with van der Waals surface area (Å²) in [6.45, 7) is 7.79. The Hall–Kier alpha value is -1.39. The van der Waals surface area contributed by atoms with Crippen LogP contribution >= 0.6 is 0 Å². The average Bonchev–Trinajstić information content (AvgIpc) is 3.48. The van der Waals surface area contributed by atoms with E-state index in [4.69, 9.17) is 0 Å². The third kappa shape index (κ3) is 4.47. The highest BCUT2D eigenvalue weighted by Crippen LogP contribution is 2.26. The van der Waals surface area contributed by atoms with Gasteiger partial charge in [-0.05, 0) is 76.2 Å². The van der Waals surface area contributed by atoms with Gasteiger partial charge in [0.15, 0.2) is 0 Å². The molecule has 4 rings (SSSR count). The van der Waals surface area contributed by atoms with Crippen molar-refractivity contribution in [1.29, 1.82) is 0 Å². The number of piperidine rings is 2. The maximum absolute atomic E-state index is 12.4. The van der Waals surface area contributed by atoms with Gasteiger partial charge in [0.1, 0.15) is 0 Å². The highest BCUT2D eigenvalue weighted by Gasteiger charge is 2.33. The maximum Gasteiger partial charge on any atom is 0.224 e. The number of carbonyl (C=O) groups is 1. The molecule has 1 aromatic rings. The summed E-state index contributed by atoms with van der Waals surface area (Å²) in [5, 5.41) is 3.21. The van der Waals surface area contributed by atoms with Gasteiger partial charge in [0.05, 0.1) is 5.92 Å². The molecule has 1 atom stereocenters.